The summed E-state index contributed by atoms with van der Waals surface area (Å²) in [6, 6.07) is 20.4. The van der Waals surface area contributed by atoms with Gasteiger partial charge < -0.3 is 10.6 Å². The molecule has 2 N–H and O–H groups in total. The lowest BCUT2D eigenvalue weighted by Crippen LogP contribution is -2.23. The molecule has 0 radical (unpaired) electrons. The van der Waals surface area contributed by atoms with Gasteiger partial charge in [-0.25, -0.2) is 0 Å². The highest BCUT2D eigenvalue weighted by atomic mass is 16.6. The summed E-state index contributed by atoms with van der Waals surface area (Å²) in [6.07, 6.45) is 0. The van der Waals surface area contributed by atoms with Crippen molar-refractivity contribution in [1.82, 2.24) is 0 Å². The Bertz CT molecular complexity index is 1550. The zero-order valence-electron chi connectivity index (χ0n) is 20.0. The first-order chi connectivity index (χ1) is 17.2. The molecule has 1 aliphatic rings. The molecule has 5 rings (SSSR count). The standard InChI is InChI=1S/C29H23N3O4/c1-16-14-17(2)27(18(3)15-16)31-24-13-12-23(30-19-8-10-20(11-9-19)32(35)36)25-26(24)29(34)22-7-5-4-6-21(22)28(25)33/h4-15,30-31H,1-3H3. The number of nitrogens with one attached hydrogen (secondary N) is 2. The number of non-ortho nitro benzene ring substituents is 1. The van der Waals surface area contributed by atoms with E-state index in [0.717, 1.165) is 22.4 Å². The van der Waals surface area contributed by atoms with Gasteiger partial charge in [-0.2, -0.15) is 0 Å². The fourth-order valence-electron chi connectivity index (χ4n) is 4.76. The van der Waals surface area contributed by atoms with Crippen LogP contribution < -0.4 is 10.6 Å². The Labute approximate surface area is 207 Å². The lowest BCUT2D eigenvalue weighted by Gasteiger charge is -2.25. The molecule has 0 amide bonds. The zero-order valence-corrected chi connectivity index (χ0v) is 20.0. The number of benzene rings is 4. The van der Waals surface area contributed by atoms with E-state index in [2.05, 4.69) is 22.8 Å². The molecular weight excluding hydrogens is 454 g/mol. The summed E-state index contributed by atoms with van der Waals surface area (Å²) < 4.78 is 0. The molecule has 4 aromatic carbocycles. The van der Waals surface area contributed by atoms with Crippen molar-refractivity contribution < 1.29 is 14.5 Å². The number of ketones is 2. The number of anilines is 4. The molecule has 7 nitrogen and oxygen atoms in total. The van der Waals surface area contributed by atoms with E-state index in [4.69, 9.17) is 0 Å². The number of carbonyl (C=O) groups excluding carboxylic acids is 2. The molecule has 7 heteroatoms. The van der Waals surface area contributed by atoms with Crippen LogP contribution in [0.5, 0.6) is 0 Å². The zero-order chi connectivity index (χ0) is 25.6. The van der Waals surface area contributed by atoms with E-state index in [9.17, 15) is 19.7 Å². The average Bonchev–Trinajstić information content (AvgIpc) is 2.85. The summed E-state index contributed by atoms with van der Waals surface area (Å²) in [4.78, 5) is 37.9. The smallest absolute Gasteiger partial charge is 0.269 e. The molecule has 0 aromatic heterocycles. The van der Waals surface area contributed by atoms with Crippen LogP contribution in [0.3, 0.4) is 0 Å². The van der Waals surface area contributed by atoms with Crippen molar-refractivity contribution in [2.75, 3.05) is 10.6 Å². The Morgan fingerprint density at radius 3 is 1.69 bits per heavy atom. The van der Waals surface area contributed by atoms with Gasteiger partial charge in [-0.05, 0) is 56.2 Å². The van der Waals surface area contributed by atoms with Crippen molar-refractivity contribution in [1.29, 1.82) is 0 Å². The van der Waals surface area contributed by atoms with Crippen molar-refractivity contribution in [2.24, 2.45) is 0 Å². The molecule has 178 valence electrons. The maximum absolute atomic E-state index is 13.7. The van der Waals surface area contributed by atoms with Crippen molar-refractivity contribution in [2.45, 2.75) is 20.8 Å². The van der Waals surface area contributed by atoms with E-state index in [-0.39, 0.29) is 22.8 Å². The lowest BCUT2D eigenvalue weighted by atomic mass is 9.82. The van der Waals surface area contributed by atoms with Gasteiger partial charge in [0.25, 0.3) is 5.69 Å². The van der Waals surface area contributed by atoms with Crippen LogP contribution in [0.2, 0.25) is 0 Å². The normalized spacial score (nSPS) is 12.1. The van der Waals surface area contributed by atoms with E-state index in [1.807, 2.05) is 20.8 Å². The monoisotopic (exact) mass is 477 g/mol. The van der Waals surface area contributed by atoms with Gasteiger partial charge in [-0.3, -0.25) is 19.7 Å². The van der Waals surface area contributed by atoms with Gasteiger partial charge in [0.2, 0.25) is 0 Å². The predicted molar refractivity (Wildman–Crippen MR) is 140 cm³/mol. The minimum atomic E-state index is -0.472. The Hall–Kier alpha value is -4.78. The molecule has 0 saturated heterocycles. The van der Waals surface area contributed by atoms with E-state index < -0.39 is 4.92 Å². The van der Waals surface area contributed by atoms with E-state index >= 15 is 0 Å². The molecule has 0 unspecified atom stereocenters. The summed E-state index contributed by atoms with van der Waals surface area (Å²) >= 11 is 0. The third-order valence-corrected chi connectivity index (χ3v) is 6.37. The number of nitro groups is 1. The maximum atomic E-state index is 13.7. The number of aryl methyl sites for hydroxylation is 3. The van der Waals surface area contributed by atoms with Gasteiger partial charge in [-0.1, -0.05) is 42.0 Å². The number of carbonyl (C=O) groups is 2. The number of hydrogen-bond acceptors (Lipinski definition) is 6. The highest BCUT2D eigenvalue weighted by Crippen LogP contribution is 2.39. The van der Waals surface area contributed by atoms with Gasteiger partial charge in [0.1, 0.15) is 0 Å². The van der Waals surface area contributed by atoms with Gasteiger partial charge in [0.05, 0.1) is 27.4 Å². The molecule has 1 aliphatic carbocycles. The van der Waals surface area contributed by atoms with Crippen LogP contribution in [0.25, 0.3) is 0 Å². The Balaban J connectivity index is 1.65. The molecule has 0 spiro atoms. The molecule has 0 fully saturated rings. The van der Waals surface area contributed by atoms with Crippen LogP contribution in [0.1, 0.15) is 48.5 Å². The molecule has 0 saturated carbocycles. The highest BCUT2D eigenvalue weighted by molar-refractivity contribution is 6.32. The van der Waals surface area contributed by atoms with E-state index in [0.29, 0.717) is 33.8 Å². The summed E-state index contributed by atoms with van der Waals surface area (Å²) in [7, 11) is 0. The molecule has 4 aromatic rings. The van der Waals surface area contributed by atoms with Crippen LogP contribution in [-0.2, 0) is 0 Å². The predicted octanol–water partition coefficient (Wildman–Crippen LogP) is 6.78. The fraction of sp³-hybridized carbons (Fsp3) is 0.103. The van der Waals surface area contributed by atoms with Crippen LogP contribution >= 0.6 is 0 Å². The van der Waals surface area contributed by atoms with Crippen LogP contribution in [0.4, 0.5) is 28.4 Å². The SMILES string of the molecule is Cc1cc(C)c(Nc2ccc(Nc3ccc([N+](=O)[O-])cc3)c3c2C(=O)c2ccccc2C3=O)c(C)c1. The third-order valence-electron chi connectivity index (χ3n) is 6.37. The summed E-state index contributed by atoms with van der Waals surface area (Å²) in [5.41, 5.74) is 6.89. The Morgan fingerprint density at radius 1 is 0.694 bits per heavy atom. The largest absolute Gasteiger partial charge is 0.355 e. The van der Waals surface area contributed by atoms with Crippen LogP contribution in [0, 0.1) is 30.9 Å². The molecule has 0 heterocycles. The first-order valence-corrected chi connectivity index (χ1v) is 11.5. The second-order valence-electron chi connectivity index (χ2n) is 8.94. The minimum Gasteiger partial charge on any atom is -0.355 e. The van der Waals surface area contributed by atoms with E-state index in [1.54, 1.807) is 48.5 Å². The number of fused-ring (bicyclic) bond motifs is 2. The molecular formula is C29H23N3O4. The number of rotatable bonds is 5. The molecule has 36 heavy (non-hydrogen) atoms. The first kappa shape index (κ1) is 23.0. The van der Waals surface area contributed by atoms with Crippen molar-refractivity contribution in [3.63, 3.8) is 0 Å². The summed E-state index contributed by atoms with van der Waals surface area (Å²) in [5, 5.41) is 17.6. The Kier molecular flexibility index (Phi) is 5.60. The van der Waals surface area contributed by atoms with Gasteiger partial charge >= 0.3 is 0 Å². The second kappa shape index (κ2) is 8.78. The van der Waals surface area contributed by atoms with Crippen molar-refractivity contribution in [3.05, 3.63) is 122 Å². The fourth-order valence-corrected chi connectivity index (χ4v) is 4.76. The Morgan fingerprint density at radius 2 is 1.19 bits per heavy atom. The van der Waals surface area contributed by atoms with Crippen LogP contribution in [0.15, 0.2) is 72.8 Å². The molecule has 0 bridgehead atoms. The van der Waals surface area contributed by atoms with Crippen LogP contribution in [-0.4, -0.2) is 16.5 Å². The lowest BCUT2D eigenvalue weighted by molar-refractivity contribution is -0.384. The topological polar surface area (TPSA) is 101 Å². The van der Waals surface area contributed by atoms with E-state index in [1.165, 1.54) is 12.1 Å². The average molecular weight is 478 g/mol. The van der Waals surface area contributed by atoms with Gasteiger partial charge in [-0.15, -0.1) is 0 Å². The minimum absolute atomic E-state index is 0.0360. The second-order valence-corrected chi connectivity index (χ2v) is 8.94. The molecule has 0 atom stereocenters. The number of nitrogens with zero attached hydrogens (tertiary/aromatic N) is 1. The first-order valence-electron chi connectivity index (χ1n) is 11.5. The van der Waals surface area contributed by atoms with Crippen molar-refractivity contribution >= 4 is 40.0 Å². The maximum Gasteiger partial charge on any atom is 0.269 e. The highest BCUT2D eigenvalue weighted by Gasteiger charge is 2.34. The van der Waals surface area contributed by atoms with Gasteiger partial charge in [0.15, 0.2) is 11.6 Å². The molecule has 0 aliphatic heterocycles. The summed E-state index contributed by atoms with van der Waals surface area (Å²) in [5.74, 6) is -0.497. The quantitative estimate of drug-likeness (QED) is 0.214. The third kappa shape index (κ3) is 3.90. The number of nitro benzene ring substituents is 1. The van der Waals surface area contributed by atoms with Crippen molar-refractivity contribution in [3.8, 4) is 0 Å². The summed E-state index contributed by atoms with van der Waals surface area (Å²) in [6.45, 7) is 6.03. The number of hydrogen-bond donors (Lipinski definition) is 2. The van der Waals surface area contributed by atoms with Gasteiger partial charge in [0, 0.05) is 34.6 Å².